The van der Waals surface area contributed by atoms with Crippen molar-refractivity contribution in [2.24, 2.45) is 0 Å². The fraction of sp³-hybridized carbons (Fsp3) is 0.829. The van der Waals surface area contributed by atoms with E-state index in [0.717, 1.165) is 35.9 Å². The van der Waals surface area contributed by atoms with Crippen molar-refractivity contribution in [1.29, 1.82) is 0 Å². The molecule has 1 fully saturated rings. The number of aliphatic hydroxyl groups is 5. The number of hydrogen-bond acceptors (Lipinski definition) is 10. The summed E-state index contributed by atoms with van der Waals surface area (Å²) in [5.74, 6) is -1.46. The maximum atomic E-state index is 13.5. The Hall–Kier alpha value is -2.23. The fourth-order valence-corrected chi connectivity index (χ4v) is 7.70. The zero-order chi connectivity index (χ0) is 36.0. The van der Waals surface area contributed by atoms with Crippen molar-refractivity contribution in [2.75, 3.05) is 18.9 Å². The van der Waals surface area contributed by atoms with Gasteiger partial charge in [-0.2, -0.15) is 0 Å². The van der Waals surface area contributed by atoms with Crippen molar-refractivity contribution in [3.05, 3.63) is 18.2 Å². The van der Waals surface area contributed by atoms with Crippen LogP contribution in [0.5, 0.6) is 0 Å². The van der Waals surface area contributed by atoms with Crippen molar-refractivity contribution in [1.82, 2.24) is 25.5 Å². The molecule has 0 saturated carbocycles. The SMILES string of the molecule is CCCCCCCCCCCCCCCCCCNC(=O)[C@H](Cc1cnc[nH]1)NC(=O)C1CSC([C@H](O)[C@@H](O)[C@H](O)[C@H](O)CO)N1C(C)=O. The zero-order valence-electron chi connectivity index (χ0n) is 29.6. The predicted molar refractivity (Wildman–Crippen MR) is 190 cm³/mol. The van der Waals surface area contributed by atoms with Crippen LogP contribution in [0.25, 0.3) is 0 Å². The number of aromatic nitrogens is 2. The lowest BCUT2D eigenvalue weighted by molar-refractivity contribution is -0.147. The third kappa shape index (κ3) is 15.7. The first-order valence-electron chi connectivity index (χ1n) is 18.4. The second-order valence-electron chi connectivity index (χ2n) is 13.3. The largest absolute Gasteiger partial charge is 0.394 e. The lowest BCUT2D eigenvalue weighted by atomic mass is 10.0. The van der Waals surface area contributed by atoms with Crippen LogP contribution in [-0.2, 0) is 20.8 Å². The van der Waals surface area contributed by atoms with E-state index in [1.807, 2.05) is 0 Å². The average molecular weight is 714 g/mol. The second-order valence-corrected chi connectivity index (χ2v) is 14.5. The Morgan fingerprint density at radius 2 is 1.45 bits per heavy atom. The van der Waals surface area contributed by atoms with Crippen molar-refractivity contribution >= 4 is 29.5 Å². The minimum Gasteiger partial charge on any atom is -0.394 e. The molecular formula is C35H63N5O8S. The molecule has 0 aliphatic carbocycles. The van der Waals surface area contributed by atoms with Gasteiger partial charge < -0.3 is 46.1 Å². The van der Waals surface area contributed by atoms with Crippen LogP contribution in [0, 0.1) is 0 Å². The number of nitrogens with one attached hydrogen (secondary N) is 3. The maximum absolute atomic E-state index is 13.5. The fourth-order valence-electron chi connectivity index (χ4n) is 6.20. The first-order chi connectivity index (χ1) is 23.6. The van der Waals surface area contributed by atoms with Gasteiger partial charge in [-0.05, 0) is 6.42 Å². The number of carbonyl (C=O) groups is 3. The van der Waals surface area contributed by atoms with Crippen LogP contribution in [0.15, 0.2) is 12.5 Å². The van der Waals surface area contributed by atoms with E-state index >= 15 is 0 Å². The summed E-state index contributed by atoms with van der Waals surface area (Å²) in [5.41, 5.74) is 0.639. The van der Waals surface area contributed by atoms with Crippen LogP contribution < -0.4 is 10.6 Å². The number of imidazole rings is 1. The smallest absolute Gasteiger partial charge is 0.244 e. The highest BCUT2D eigenvalue weighted by atomic mass is 32.2. The first-order valence-corrected chi connectivity index (χ1v) is 19.5. The number of hydrogen-bond donors (Lipinski definition) is 8. The summed E-state index contributed by atoms with van der Waals surface area (Å²) in [5, 5.41) is 54.5. The van der Waals surface area contributed by atoms with Crippen LogP contribution in [0.3, 0.4) is 0 Å². The Kier molecular flexibility index (Phi) is 21.8. The van der Waals surface area contributed by atoms with Crippen molar-refractivity contribution in [2.45, 2.75) is 165 Å². The van der Waals surface area contributed by atoms with Gasteiger partial charge in [0.25, 0.3) is 0 Å². The Balaban J connectivity index is 1.76. The van der Waals surface area contributed by atoms with Gasteiger partial charge in [-0.25, -0.2) is 4.98 Å². The van der Waals surface area contributed by atoms with Gasteiger partial charge in [0, 0.05) is 37.5 Å². The van der Waals surface area contributed by atoms with Gasteiger partial charge in [-0.15, -0.1) is 11.8 Å². The molecule has 0 spiro atoms. The first kappa shape index (κ1) is 42.9. The van der Waals surface area contributed by atoms with E-state index in [9.17, 15) is 34.8 Å². The molecule has 3 amide bonds. The van der Waals surface area contributed by atoms with Crippen LogP contribution >= 0.6 is 11.8 Å². The summed E-state index contributed by atoms with van der Waals surface area (Å²) in [7, 11) is 0. The molecule has 1 aromatic rings. The normalized spacial score (nSPS) is 19.3. The van der Waals surface area contributed by atoms with Crippen LogP contribution in [0.4, 0.5) is 0 Å². The van der Waals surface area contributed by atoms with Gasteiger partial charge in [0.2, 0.25) is 17.7 Å². The number of H-pyrrole nitrogens is 1. The number of nitrogens with zero attached hydrogens (tertiary/aromatic N) is 2. The van der Waals surface area contributed by atoms with Crippen LogP contribution in [-0.4, -0.2) is 119 Å². The van der Waals surface area contributed by atoms with Crippen molar-refractivity contribution < 1.29 is 39.9 Å². The predicted octanol–water partition coefficient (Wildman–Crippen LogP) is 2.54. The average Bonchev–Trinajstić information content (AvgIpc) is 3.78. The van der Waals surface area contributed by atoms with Gasteiger partial charge in [-0.1, -0.05) is 103 Å². The Morgan fingerprint density at radius 1 is 0.898 bits per heavy atom. The van der Waals surface area contributed by atoms with Crippen LogP contribution in [0.1, 0.15) is 122 Å². The maximum Gasteiger partial charge on any atom is 0.244 e. The summed E-state index contributed by atoms with van der Waals surface area (Å²) in [6.45, 7) is 3.09. The van der Waals surface area contributed by atoms with Crippen molar-refractivity contribution in [3.8, 4) is 0 Å². The summed E-state index contributed by atoms with van der Waals surface area (Å²) in [6, 6.07) is -2.02. The third-order valence-corrected chi connectivity index (χ3v) is 10.6. The van der Waals surface area contributed by atoms with Gasteiger partial charge in [0.15, 0.2) is 0 Å². The topological polar surface area (TPSA) is 208 Å². The van der Waals surface area contributed by atoms with E-state index in [4.69, 9.17) is 5.11 Å². The Bertz CT molecular complexity index is 1050. The quantitative estimate of drug-likeness (QED) is 0.0625. The second kappa shape index (κ2) is 24.8. The molecular weight excluding hydrogens is 650 g/mol. The molecule has 13 nitrogen and oxygen atoms in total. The number of rotatable bonds is 27. The minimum atomic E-state index is -1.90. The van der Waals surface area contributed by atoms with Crippen LogP contribution in [0.2, 0.25) is 0 Å². The molecule has 1 aliphatic rings. The van der Waals surface area contributed by atoms with Gasteiger partial charge in [0.05, 0.1) is 12.9 Å². The molecule has 0 bridgehead atoms. The highest BCUT2D eigenvalue weighted by Crippen LogP contribution is 2.33. The number of aliphatic hydroxyl groups excluding tert-OH is 5. The number of carbonyl (C=O) groups excluding carboxylic acids is 3. The zero-order valence-corrected chi connectivity index (χ0v) is 30.4. The summed E-state index contributed by atoms with van der Waals surface area (Å²) >= 11 is 1.03. The Morgan fingerprint density at radius 3 is 1.94 bits per heavy atom. The molecule has 49 heavy (non-hydrogen) atoms. The molecule has 0 radical (unpaired) electrons. The van der Waals surface area contributed by atoms with Gasteiger partial charge in [-0.3, -0.25) is 14.4 Å². The standard InChI is InChI=1S/C35H63N5O8S/c1-3-4-5-6-7-8-9-10-11-12-13-14-15-16-17-18-19-37-33(47)27(20-26-21-36-24-38-26)39-34(48)28-23-49-35(40(28)25(2)42)32(46)31(45)30(44)29(43)22-41/h21,24,27-32,35,41,43-46H,3-20,22-23H2,1-2H3,(H,36,38)(H,37,47)(H,39,48)/t27-,28?,29+,30+,31-,32+,35?/m0/s1. The van der Waals surface area contributed by atoms with Gasteiger partial charge in [0.1, 0.15) is 41.9 Å². The summed E-state index contributed by atoms with van der Waals surface area (Å²) in [6.07, 6.45) is 16.2. The van der Waals surface area contributed by atoms with Crippen molar-refractivity contribution in [3.63, 3.8) is 0 Å². The highest BCUT2D eigenvalue weighted by molar-refractivity contribution is 8.00. The molecule has 0 aromatic carbocycles. The molecule has 1 saturated heterocycles. The molecule has 2 rings (SSSR count). The Labute approximate surface area is 296 Å². The highest BCUT2D eigenvalue weighted by Gasteiger charge is 2.47. The molecule has 14 heteroatoms. The van der Waals surface area contributed by atoms with Gasteiger partial charge >= 0.3 is 0 Å². The summed E-state index contributed by atoms with van der Waals surface area (Å²) < 4.78 is 0. The van der Waals surface area contributed by atoms with E-state index in [-0.39, 0.29) is 18.1 Å². The monoisotopic (exact) mass is 713 g/mol. The molecule has 1 aromatic heterocycles. The molecule has 8 N–H and O–H groups in total. The third-order valence-electron chi connectivity index (χ3n) is 9.22. The molecule has 7 atom stereocenters. The molecule has 1 aliphatic heterocycles. The van der Waals surface area contributed by atoms with E-state index in [1.165, 1.54) is 96.7 Å². The van der Waals surface area contributed by atoms with E-state index in [0.29, 0.717) is 12.2 Å². The minimum absolute atomic E-state index is 0.0656. The number of amides is 3. The molecule has 2 heterocycles. The lowest BCUT2D eigenvalue weighted by Gasteiger charge is -2.34. The van der Waals surface area contributed by atoms with E-state index in [2.05, 4.69) is 27.5 Å². The molecule has 2 unspecified atom stereocenters. The number of aromatic amines is 1. The lowest BCUT2D eigenvalue weighted by Crippen LogP contribution is -2.58. The summed E-state index contributed by atoms with van der Waals surface area (Å²) in [4.78, 5) is 47.4. The van der Waals surface area contributed by atoms with E-state index < -0.39 is 60.3 Å². The number of thioether (sulfide) groups is 1. The van der Waals surface area contributed by atoms with E-state index in [1.54, 1.807) is 6.20 Å². The number of unbranched alkanes of at least 4 members (excludes halogenated alkanes) is 15. The molecule has 282 valence electrons.